The maximum absolute atomic E-state index is 9.21. The highest BCUT2D eigenvalue weighted by atomic mass is 127. The molecule has 3 unspecified atom stereocenters. The number of likely N-dealkylation sites (tertiary alicyclic amines) is 1. The fraction of sp³-hybridized carbons (Fsp3) is 0.944. The second-order valence-electron chi connectivity index (χ2n) is 7.07. The number of aliphatic hydroxyl groups is 1. The van der Waals surface area contributed by atoms with Crippen LogP contribution < -0.4 is 5.32 Å². The average molecular weight is 437 g/mol. The van der Waals surface area contributed by atoms with Crippen molar-refractivity contribution in [2.75, 3.05) is 32.8 Å². The van der Waals surface area contributed by atoms with Gasteiger partial charge in [0, 0.05) is 32.8 Å². The van der Waals surface area contributed by atoms with Crippen molar-refractivity contribution < 1.29 is 5.11 Å². The molecule has 1 heterocycles. The maximum Gasteiger partial charge on any atom is 0.193 e. The lowest BCUT2D eigenvalue weighted by atomic mass is 9.82. The van der Waals surface area contributed by atoms with Gasteiger partial charge >= 0.3 is 0 Å². The lowest BCUT2D eigenvalue weighted by Gasteiger charge is -2.22. The maximum atomic E-state index is 9.21. The summed E-state index contributed by atoms with van der Waals surface area (Å²) < 4.78 is 0. The van der Waals surface area contributed by atoms with Gasteiger partial charge in [-0.3, -0.25) is 4.99 Å². The summed E-state index contributed by atoms with van der Waals surface area (Å²) in [6, 6.07) is 0. The molecule has 2 rings (SSSR count). The normalized spacial score (nSPS) is 25.7. The van der Waals surface area contributed by atoms with Gasteiger partial charge < -0.3 is 15.3 Å². The molecule has 2 fully saturated rings. The Morgan fingerprint density at radius 2 is 1.83 bits per heavy atom. The minimum atomic E-state index is 0. The van der Waals surface area contributed by atoms with Crippen molar-refractivity contribution in [2.45, 2.75) is 58.8 Å². The topological polar surface area (TPSA) is 47.9 Å². The van der Waals surface area contributed by atoms with Gasteiger partial charge in [-0.05, 0) is 50.4 Å². The van der Waals surface area contributed by atoms with E-state index in [2.05, 4.69) is 24.1 Å². The quantitative estimate of drug-likeness (QED) is 0.364. The van der Waals surface area contributed by atoms with Gasteiger partial charge in [0.25, 0.3) is 0 Å². The summed E-state index contributed by atoms with van der Waals surface area (Å²) in [6.45, 7) is 8.81. The summed E-state index contributed by atoms with van der Waals surface area (Å²) >= 11 is 0. The summed E-state index contributed by atoms with van der Waals surface area (Å²) in [6.07, 6.45) is 8.85. The third-order valence-corrected chi connectivity index (χ3v) is 5.34. The molecule has 0 bridgehead atoms. The number of hydrogen-bond donors (Lipinski definition) is 2. The SMILES string of the molecule is CCCC(CCO)CN=C(NCC)N1CC2CCCCC2C1.I. The van der Waals surface area contributed by atoms with Crippen LogP contribution in [0.15, 0.2) is 4.99 Å². The van der Waals surface area contributed by atoms with Gasteiger partial charge in [0.1, 0.15) is 0 Å². The number of hydrogen-bond acceptors (Lipinski definition) is 2. The lowest BCUT2D eigenvalue weighted by molar-refractivity contribution is 0.253. The molecule has 0 aromatic heterocycles. The van der Waals surface area contributed by atoms with Gasteiger partial charge in [-0.15, -0.1) is 24.0 Å². The Balaban J connectivity index is 0.00000264. The van der Waals surface area contributed by atoms with E-state index >= 15 is 0 Å². The van der Waals surface area contributed by atoms with Gasteiger partial charge in [-0.2, -0.15) is 0 Å². The number of fused-ring (bicyclic) bond motifs is 1. The van der Waals surface area contributed by atoms with E-state index in [1.807, 2.05) is 0 Å². The molecule has 0 amide bonds. The Bertz CT molecular complexity index is 331. The monoisotopic (exact) mass is 437 g/mol. The Hall–Kier alpha value is -0.0400. The van der Waals surface area contributed by atoms with E-state index < -0.39 is 0 Å². The van der Waals surface area contributed by atoms with E-state index in [9.17, 15) is 5.11 Å². The van der Waals surface area contributed by atoms with Gasteiger partial charge in [0.2, 0.25) is 0 Å². The summed E-state index contributed by atoms with van der Waals surface area (Å²) in [5.74, 6) is 3.41. The fourth-order valence-electron chi connectivity index (χ4n) is 4.14. The minimum absolute atomic E-state index is 0. The van der Waals surface area contributed by atoms with Crippen molar-refractivity contribution >= 4 is 29.9 Å². The van der Waals surface area contributed by atoms with Crippen LogP contribution in [0.3, 0.4) is 0 Å². The molecular weight excluding hydrogens is 401 g/mol. The van der Waals surface area contributed by atoms with E-state index in [0.717, 1.165) is 43.7 Å². The van der Waals surface area contributed by atoms with Crippen LogP contribution in [-0.4, -0.2) is 48.8 Å². The summed E-state index contributed by atoms with van der Waals surface area (Å²) in [7, 11) is 0. The van der Waals surface area contributed by atoms with Crippen molar-refractivity contribution in [1.82, 2.24) is 10.2 Å². The van der Waals surface area contributed by atoms with Crippen molar-refractivity contribution in [3.63, 3.8) is 0 Å². The van der Waals surface area contributed by atoms with E-state index in [-0.39, 0.29) is 30.6 Å². The molecule has 1 aliphatic carbocycles. The van der Waals surface area contributed by atoms with Crippen molar-refractivity contribution in [1.29, 1.82) is 0 Å². The van der Waals surface area contributed by atoms with Gasteiger partial charge in [0.15, 0.2) is 5.96 Å². The molecule has 23 heavy (non-hydrogen) atoms. The van der Waals surface area contributed by atoms with Gasteiger partial charge in [0.05, 0.1) is 0 Å². The number of halogens is 1. The predicted octanol–water partition coefficient (Wildman–Crippen LogP) is 3.49. The number of aliphatic hydroxyl groups excluding tert-OH is 1. The Labute approximate surface area is 159 Å². The molecule has 2 N–H and O–H groups in total. The van der Waals surface area contributed by atoms with Crippen LogP contribution >= 0.6 is 24.0 Å². The van der Waals surface area contributed by atoms with Crippen LogP contribution in [0.25, 0.3) is 0 Å². The first-order valence-corrected chi connectivity index (χ1v) is 9.42. The molecule has 0 radical (unpaired) electrons. The molecule has 5 heteroatoms. The first-order valence-electron chi connectivity index (χ1n) is 9.42. The molecule has 0 spiro atoms. The summed E-state index contributed by atoms with van der Waals surface area (Å²) in [4.78, 5) is 7.40. The molecule has 136 valence electrons. The standard InChI is InChI=1S/C18H35N3O.HI/c1-3-7-15(10-11-22)12-20-18(19-4-2)21-13-16-8-5-6-9-17(16)14-21;/h15-17,22H,3-14H2,1-2H3,(H,19,20);1H. The second kappa shape index (κ2) is 11.5. The van der Waals surface area contributed by atoms with Gasteiger partial charge in [-0.25, -0.2) is 0 Å². The second-order valence-corrected chi connectivity index (χ2v) is 7.07. The highest BCUT2D eigenvalue weighted by molar-refractivity contribution is 14.0. The number of rotatable bonds is 7. The summed E-state index contributed by atoms with van der Waals surface area (Å²) in [5.41, 5.74) is 0. The zero-order valence-corrected chi connectivity index (χ0v) is 17.3. The highest BCUT2D eigenvalue weighted by Gasteiger charge is 2.35. The van der Waals surface area contributed by atoms with Crippen LogP contribution in [0.4, 0.5) is 0 Å². The van der Waals surface area contributed by atoms with Gasteiger partial charge in [-0.1, -0.05) is 26.2 Å². The van der Waals surface area contributed by atoms with E-state index in [1.165, 1.54) is 45.2 Å². The van der Waals surface area contributed by atoms with Crippen molar-refractivity contribution in [2.24, 2.45) is 22.7 Å². The van der Waals surface area contributed by atoms with E-state index in [1.54, 1.807) is 0 Å². The Morgan fingerprint density at radius 3 is 2.35 bits per heavy atom. The lowest BCUT2D eigenvalue weighted by Crippen LogP contribution is -2.40. The van der Waals surface area contributed by atoms with Crippen LogP contribution in [0.2, 0.25) is 0 Å². The number of nitrogens with zero attached hydrogens (tertiary/aromatic N) is 2. The first kappa shape index (κ1) is 21.0. The molecule has 1 saturated carbocycles. The smallest absolute Gasteiger partial charge is 0.193 e. The van der Waals surface area contributed by atoms with Crippen LogP contribution in [0.5, 0.6) is 0 Å². The third-order valence-electron chi connectivity index (χ3n) is 5.34. The van der Waals surface area contributed by atoms with Crippen molar-refractivity contribution in [3.05, 3.63) is 0 Å². The molecule has 2 aliphatic rings. The average Bonchev–Trinajstić information content (AvgIpc) is 2.95. The third kappa shape index (κ3) is 6.40. The molecule has 4 nitrogen and oxygen atoms in total. The molecule has 1 aliphatic heterocycles. The van der Waals surface area contributed by atoms with Crippen LogP contribution in [-0.2, 0) is 0 Å². The highest BCUT2D eigenvalue weighted by Crippen LogP contribution is 2.35. The minimum Gasteiger partial charge on any atom is -0.396 e. The van der Waals surface area contributed by atoms with E-state index in [4.69, 9.17) is 4.99 Å². The zero-order chi connectivity index (χ0) is 15.8. The molecule has 0 aromatic carbocycles. The van der Waals surface area contributed by atoms with Crippen LogP contribution in [0, 0.1) is 17.8 Å². The van der Waals surface area contributed by atoms with Crippen LogP contribution in [0.1, 0.15) is 58.8 Å². The molecule has 1 saturated heterocycles. The fourth-order valence-corrected chi connectivity index (χ4v) is 4.14. The first-order chi connectivity index (χ1) is 10.8. The summed E-state index contributed by atoms with van der Waals surface area (Å²) in [5, 5.41) is 12.7. The molecular formula is C18H36IN3O. The van der Waals surface area contributed by atoms with Crippen molar-refractivity contribution in [3.8, 4) is 0 Å². The molecule has 0 aromatic rings. The Kier molecular flexibility index (Phi) is 10.5. The number of nitrogens with one attached hydrogen (secondary N) is 1. The van der Waals surface area contributed by atoms with E-state index in [0.29, 0.717) is 5.92 Å². The predicted molar refractivity (Wildman–Crippen MR) is 109 cm³/mol. The zero-order valence-electron chi connectivity index (χ0n) is 15.0. The molecule has 3 atom stereocenters. The number of aliphatic imine (C=N–C) groups is 1. The largest absolute Gasteiger partial charge is 0.396 e. The number of guanidine groups is 1. The Morgan fingerprint density at radius 1 is 1.17 bits per heavy atom.